The van der Waals surface area contributed by atoms with Crippen molar-refractivity contribution in [2.75, 3.05) is 85.9 Å². The van der Waals surface area contributed by atoms with Crippen LogP contribution in [0.25, 0.3) is 17.8 Å². The Morgan fingerprint density at radius 2 is 0.777 bits per heavy atom. The first-order chi connectivity index (χ1) is 44.7. The summed E-state index contributed by atoms with van der Waals surface area (Å²) in [5.41, 5.74) is 1.03. The molecule has 0 atom stereocenters. The van der Waals surface area contributed by atoms with Gasteiger partial charge in [0.2, 0.25) is 35.5 Å². The van der Waals surface area contributed by atoms with Crippen molar-refractivity contribution < 1.29 is 58.5 Å². The van der Waals surface area contributed by atoms with E-state index in [2.05, 4.69) is 64.7 Å². The van der Waals surface area contributed by atoms with Gasteiger partial charge < -0.3 is 34.1 Å². The van der Waals surface area contributed by atoms with E-state index in [1.807, 2.05) is 41.5 Å². The van der Waals surface area contributed by atoms with Crippen molar-refractivity contribution in [3.05, 3.63) is 104 Å². The maximum Gasteiger partial charge on any atom is 0.391 e. The quantitative estimate of drug-likeness (QED) is 0.0369. The molecular formula is C63H92F9N15O7. The zero-order valence-corrected chi connectivity index (χ0v) is 54.7. The molecule has 6 aromatic rings. The van der Waals surface area contributed by atoms with E-state index in [0.29, 0.717) is 103 Å². The number of hydrogen-bond acceptors (Lipinski definition) is 16. The molecule has 6 aromatic heterocycles. The molecule has 3 aliphatic heterocycles. The third kappa shape index (κ3) is 26.2. The van der Waals surface area contributed by atoms with E-state index in [4.69, 9.17) is 14.2 Å². The molecule has 0 aliphatic carbocycles. The average Bonchev–Trinajstić information content (AvgIpc) is 1.17. The van der Waals surface area contributed by atoms with Crippen molar-refractivity contribution in [1.82, 2.24) is 73.7 Å². The predicted octanol–water partition coefficient (Wildman–Crippen LogP) is 11.2. The lowest BCUT2D eigenvalue weighted by molar-refractivity contribution is -0.143. The van der Waals surface area contributed by atoms with Crippen LogP contribution in [0.15, 0.2) is 70.5 Å². The summed E-state index contributed by atoms with van der Waals surface area (Å²) >= 11 is 0. The molecule has 94 heavy (non-hydrogen) atoms. The summed E-state index contributed by atoms with van der Waals surface area (Å²) in [6.45, 7) is 19.3. The molecule has 22 nitrogen and oxygen atoms in total. The highest BCUT2D eigenvalue weighted by atomic mass is 19.4. The summed E-state index contributed by atoms with van der Waals surface area (Å²) in [6.07, 6.45) is 9.26. The molecule has 9 rings (SSSR count). The molecule has 3 fully saturated rings. The third-order valence-electron chi connectivity index (χ3n) is 16.3. The van der Waals surface area contributed by atoms with Gasteiger partial charge in [0.05, 0.1) is 49.5 Å². The largest absolute Gasteiger partial charge is 0.477 e. The molecule has 0 bridgehead atoms. The first-order valence-electron chi connectivity index (χ1n) is 32.3. The number of halogens is 9. The number of rotatable bonds is 26. The highest BCUT2D eigenvalue weighted by Crippen LogP contribution is 2.30. The van der Waals surface area contributed by atoms with Gasteiger partial charge in [-0.15, -0.1) is 0 Å². The first-order valence-corrected chi connectivity index (χ1v) is 32.3. The smallest absolute Gasteiger partial charge is 0.391 e. The SMILES string of the molecule is CC(C)c1c(OCCC2CCN(CCCC(F)(F)F)CC2)nc(-n2ccnc2)[nH]c1=O.CC(C)c1c(OCCC2CCN(CCCC(F)(F)F)CC2)nc(-n2ccnc2)[nH]c1=O.CC(C)c1c(OCCC2CCNCC2)nc(-n2ccnc2)[nH]c1=O.COCCC(F)(F)F. The molecule has 0 unspecified atom stereocenters. The van der Waals surface area contributed by atoms with Crippen LogP contribution in [0.1, 0.15) is 166 Å². The molecule has 524 valence electrons. The maximum atomic E-state index is 12.6. The number of methoxy groups -OCH3 is 1. The molecule has 3 aliphatic rings. The van der Waals surface area contributed by atoms with Gasteiger partial charge in [0, 0.05) is 57.1 Å². The Labute approximate surface area is 541 Å². The maximum absolute atomic E-state index is 12.6. The van der Waals surface area contributed by atoms with Crippen LogP contribution in [-0.4, -0.2) is 173 Å². The van der Waals surface area contributed by atoms with Crippen LogP contribution >= 0.6 is 0 Å². The molecule has 4 N–H and O–H groups in total. The zero-order valence-electron chi connectivity index (χ0n) is 54.7. The van der Waals surface area contributed by atoms with Gasteiger partial charge in [-0.25, -0.2) is 15.0 Å². The number of aromatic amines is 3. The number of nitrogens with one attached hydrogen (secondary N) is 4. The minimum absolute atomic E-state index is 0.0389. The molecule has 9 heterocycles. The average molecular weight is 1340 g/mol. The van der Waals surface area contributed by atoms with Gasteiger partial charge in [-0.1, -0.05) is 41.5 Å². The summed E-state index contributed by atoms with van der Waals surface area (Å²) in [5.74, 6) is 3.82. The number of likely N-dealkylation sites (tertiary alicyclic amines) is 2. The minimum Gasteiger partial charge on any atom is -0.477 e. The van der Waals surface area contributed by atoms with E-state index < -0.39 is 37.8 Å². The molecular weight excluding hydrogens is 1250 g/mol. The van der Waals surface area contributed by atoms with Crippen LogP contribution in [0.2, 0.25) is 0 Å². The van der Waals surface area contributed by atoms with E-state index in [1.54, 1.807) is 69.9 Å². The topological polar surface area (TPSA) is 246 Å². The van der Waals surface area contributed by atoms with E-state index >= 15 is 0 Å². The Bertz CT molecular complexity index is 3130. The molecule has 0 amide bonds. The molecule has 0 radical (unpaired) electrons. The van der Waals surface area contributed by atoms with E-state index in [9.17, 15) is 53.9 Å². The molecule has 0 saturated carbocycles. The Hall–Kier alpha value is -7.12. The Balaban J connectivity index is 0.000000212. The predicted molar refractivity (Wildman–Crippen MR) is 336 cm³/mol. The number of ether oxygens (including phenoxy) is 4. The fraction of sp³-hybridized carbons (Fsp3) is 0.667. The summed E-state index contributed by atoms with van der Waals surface area (Å²) in [7, 11) is 1.24. The fourth-order valence-electron chi connectivity index (χ4n) is 11.1. The van der Waals surface area contributed by atoms with Crippen molar-refractivity contribution in [1.29, 1.82) is 0 Å². The van der Waals surface area contributed by atoms with Gasteiger partial charge in [-0.2, -0.15) is 54.5 Å². The van der Waals surface area contributed by atoms with Gasteiger partial charge in [0.25, 0.3) is 16.7 Å². The van der Waals surface area contributed by atoms with Crippen LogP contribution in [0, 0.1) is 17.8 Å². The number of alkyl halides is 9. The van der Waals surface area contributed by atoms with Crippen LogP contribution in [0.3, 0.4) is 0 Å². The Kier molecular flexibility index (Phi) is 30.1. The number of aromatic nitrogens is 12. The highest BCUT2D eigenvalue weighted by molar-refractivity contribution is 5.33. The highest BCUT2D eigenvalue weighted by Gasteiger charge is 2.30. The molecule has 3 saturated heterocycles. The lowest BCUT2D eigenvalue weighted by Crippen LogP contribution is -2.35. The van der Waals surface area contributed by atoms with Crippen molar-refractivity contribution >= 4 is 0 Å². The summed E-state index contributed by atoms with van der Waals surface area (Å²) in [4.78, 5) is 75.6. The molecule has 0 aromatic carbocycles. The Morgan fingerprint density at radius 3 is 1.03 bits per heavy atom. The summed E-state index contributed by atoms with van der Waals surface area (Å²) < 4.78 is 134. The van der Waals surface area contributed by atoms with Gasteiger partial charge in [0.1, 0.15) is 19.0 Å². The van der Waals surface area contributed by atoms with E-state index in [0.717, 1.165) is 84.2 Å². The van der Waals surface area contributed by atoms with Gasteiger partial charge in [0.15, 0.2) is 0 Å². The number of H-pyrrole nitrogens is 3. The normalized spacial score (nSPS) is 15.7. The number of nitrogens with zero attached hydrogens (tertiary/aromatic N) is 11. The minimum atomic E-state index is -4.07. The number of piperidine rings is 3. The van der Waals surface area contributed by atoms with E-state index in [-0.39, 0.29) is 53.9 Å². The van der Waals surface area contributed by atoms with Crippen molar-refractivity contribution in [3.63, 3.8) is 0 Å². The van der Waals surface area contributed by atoms with Crippen molar-refractivity contribution in [2.45, 2.75) is 168 Å². The lowest BCUT2D eigenvalue weighted by atomic mass is 9.94. The van der Waals surface area contributed by atoms with Crippen molar-refractivity contribution in [3.8, 4) is 35.5 Å². The fourth-order valence-corrected chi connectivity index (χ4v) is 11.1. The van der Waals surface area contributed by atoms with E-state index in [1.165, 1.54) is 20.0 Å². The third-order valence-corrected chi connectivity index (χ3v) is 16.3. The summed E-state index contributed by atoms with van der Waals surface area (Å²) in [5, 5.41) is 3.37. The lowest BCUT2D eigenvalue weighted by Gasteiger charge is -2.32. The number of imidazole rings is 3. The van der Waals surface area contributed by atoms with Crippen LogP contribution in [0.4, 0.5) is 39.5 Å². The standard InChI is InChI=1S/2C21H30F3N5O2.C17H25N5O2.C4H7F3O/c2*1-15(2)17-18(30)26-20(29-12-8-25-14-29)27-19(17)31-13-6-16-4-10-28(11-5-16)9-3-7-21(22,23)24;1-12(2)14-15(23)20-17(22-9-8-19-11-22)21-16(14)24-10-5-13-3-6-18-7-4-13;1-8-3-2-4(5,6)7/h2*8,12,14-16H,3-7,9-11,13H2,1-2H3,(H,26,27,30);8-9,11-13,18H,3-7,10H2,1-2H3,(H,20,21,23);2-3H2,1H3. The second-order valence-electron chi connectivity index (χ2n) is 24.7. The Morgan fingerprint density at radius 1 is 0.468 bits per heavy atom. The first kappa shape index (κ1) is 75.9. The monoisotopic (exact) mass is 1340 g/mol. The van der Waals surface area contributed by atoms with Crippen LogP contribution in [0.5, 0.6) is 17.6 Å². The van der Waals surface area contributed by atoms with Crippen molar-refractivity contribution in [2.24, 2.45) is 17.8 Å². The molecule has 0 spiro atoms. The van der Waals surface area contributed by atoms with Gasteiger partial charge in [-0.05, 0) is 158 Å². The second kappa shape index (κ2) is 37.3. The zero-order chi connectivity index (χ0) is 68.4. The second-order valence-corrected chi connectivity index (χ2v) is 24.7. The van der Waals surface area contributed by atoms with Gasteiger partial charge >= 0.3 is 18.5 Å². The number of hydrogen-bond donors (Lipinski definition) is 4. The van der Waals surface area contributed by atoms with Crippen LogP contribution < -0.4 is 36.2 Å². The van der Waals surface area contributed by atoms with Gasteiger partial charge in [-0.3, -0.25) is 43.0 Å². The van der Waals surface area contributed by atoms with Crippen LogP contribution in [-0.2, 0) is 4.74 Å². The molecule has 31 heteroatoms. The summed E-state index contributed by atoms with van der Waals surface area (Å²) in [6, 6.07) is 0.